The third-order valence-electron chi connectivity index (χ3n) is 4.66. The smallest absolute Gasteiger partial charge is 0.347 e. The molecule has 1 heterocycles. The van der Waals surface area contributed by atoms with E-state index in [1.807, 2.05) is 66.7 Å². The Bertz CT molecular complexity index is 820. The van der Waals surface area contributed by atoms with Crippen LogP contribution in [-0.2, 0) is 14.3 Å². The lowest BCUT2D eigenvalue weighted by Gasteiger charge is -2.11. The third kappa shape index (κ3) is 4.43. The molecule has 0 bridgehead atoms. The summed E-state index contributed by atoms with van der Waals surface area (Å²) in [4.78, 5) is 24.9. The Morgan fingerprint density at radius 1 is 0.815 bits per heavy atom. The minimum atomic E-state index is -0.567. The van der Waals surface area contributed by atoms with Gasteiger partial charge in [-0.15, -0.1) is 0 Å². The highest BCUT2D eigenvalue weighted by Gasteiger charge is 2.36. The van der Waals surface area contributed by atoms with Crippen molar-refractivity contribution in [3.05, 3.63) is 89.0 Å². The number of unbranched alkanes of at least 4 members (excludes halogenated alkanes) is 4. The van der Waals surface area contributed by atoms with Crippen molar-refractivity contribution < 1.29 is 14.3 Å². The first-order valence-electron chi connectivity index (χ1n) is 9.54. The van der Waals surface area contributed by atoms with Gasteiger partial charge in [0.15, 0.2) is 0 Å². The normalized spacial score (nSPS) is 15.3. The molecule has 0 radical (unpaired) electrons. The molecule has 0 spiro atoms. The molecule has 3 rings (SSSR count). The number of carbonyl (C=O) groups excluding carboxylic acids is 2. The molecule has 0 N–H and O–H groups in total. The van der Waals surface area contributed by atoms with Crippen LogP contribution in [0.15, 0.2) is 77.9 Å². The van der Waals surface area contributed by atoms with Gasteiger partial charge >= 0.3 is 11.9 Å². The first-order chi connectivity index (χ1) is 13.2. The summed E-state index contributed by atoms with van der Waals surface area (Å²) in [7, 11) is 0. The summed E-state index contributed by atoms with van der Waals surface area (Å²) in [6.45, 7) is 2.16. The molecule has 1 fully saturated rings. The summed E-state index contributed by atoms with van der Waals surface area (Å²) in [6.07, 6.45) is 7.08. The molecular weight excluding hydrogens is 336 g/mol. The third-order valence-corrected chi connectivity index (χ3v) is 4.66. The van der Waals surface area contributed by atoms with Crippen LogP contribution in [0.4, 0.5) is 0 Å². The Morgan fingerprint density at radius 3 is 1.96 bits per heavy atom. The molecule has 1 aliphatic heterocycles. The first kappa shape index (κ1) is 18.8. The standard InChI is InChI=1S/C24H24O3/c1-2-3-4-5-12-17-20-22(24(26)27-23(20)25)21(18-13-8-6-9-14-18)19-15-10-7-11-16-19/h6-11,13-17H,2-5,12H2,1H3. The molecule has 3 nitrogen and oxygen atoms in total. The van der Waals surface area contributed by atoms with Crippen LogP contribution in [-0.4, -0.2) is 11.9 Å². The predicted octanol–water partition coefficient (Wildman–Crippen LogP) is 5.47. The van der Waals surface area contributed by atoms with Crippen molar-refractivity contribution in [2.45, 2.75) is 39.0 Å². The molecule has 0 aliphatic carbocycles. The molecule has 138 valence electrons. The van der Waals surface area contributed by atoms with Gasteiger partial charge in [-0.2, -0.15) is 0 Å². The van der Waals surface area contributed by atoms with Crippen LogP contribution < -0.4 is 0 Å². The highest BCUT2D eigenvalue weighted by atomic mass is 16.6. The Balaban J connectivity index is 2.08. The molecule has 0 atom stereocenters. The van der Waals surface area contributed by atoms with E-state index in [0.717, 1.165) is 42.4 Å². The number of hydrogen-bond donors (Lipinski definition) is 0. The minimum absolute atomic E-state index is 0.368. The summed E-state index contributed by atoms with van der Waals surface area (Å²) in [5, 5.41) is 0. The summed E-state index contributed by atoms with van der Waals surface area (Å²) in [5.41, 5.74) is 3.28. The summed E-state index contributed by atoms with van der Waals surface area (Å²) >= 11 is 0. The van der Waals surface area contributed by atoms with E-state index in [-0.39, 0.29) is 0 Å². The van der Waals surface area contributed by atoms with Crippen LogP contribution in [0.1, 0.15) is 50.2 Å². The van der Waals surface area contributed by atoms with Gasteiger partial charge in [-0.1, -0.05) is 92.9 Å². The number of esters is 2. The second-order valence-corrected chi connectivity index (χ2v) is 6.63. The van der Waals surface area contributed by atoms with E-state index in [1.165, 1.54) is 6.42 Å². The SMILES string of the molecule is CCCCCCC=C1C(=O)OC(=O)C1=C(c1ccccc1)c1ccccc1. The van der Waals surface area contributed by atoms with Crippen LogP contribution in [0.5, 0.6) is 0 Å². The molecule has 1 saturated heterocycles. The van der Waals surface area contributed by atoms with Gasteiger partial charge in [0.05, 0.1) is 11.1 Å². The first-order valence-corrected chi connectivity index (χ1v) is 9.54. The van der Waals surface area contributed by atoms with Gasteiger partial charge in [-0.3, -0.25) is 0 Å². The van der Waals surface area contributed by atoms with Gasteiger partial charge in [-0.05, 0) is 24.0 Å². The molecule has 0 saturated carbocycles. The van der Waals surface area contributed by atoms with E-state index in [0.29, 0.717) is 11.1 Å². The maximum atomic E-state index is 12.6. The van der Waals surface area contributed by atoms with Crippen LogP contribution in [0.3, 0.4) is 0 Å². The monoisotopic (exact) mass is 360 g/mol. The summed E-state index contributed by atoms with van der Waals surface area (Å²) in [5.74, 6) is -1.11. The van der Waals surface area contributed by atoms with Crippen LogP contribution in [0.25, 0.3) is 5.57 Å². The van der Waals surface area contributed by atoms with Gasteiger partial charge in [0.2, 0.25) is 0 Å². The van der Waals surface area contributed by atoms with Crippen molar-refractivity contribution in [3.63, 3.8) is 0 Å². The number of hydrogen-bond acceptors (Lipinski definition) is 3. The van der Waals surface area contributed by atoms with E-state index in [2.05, 4.69) is 6.92 Å². The fourth-order valence-corrected chi connectivity index (χ4v) is 3.31. The van der Waals surface area contributed by atoms with Crippen molar-refractivity contribution in [3.8, 4) is 0 Å². The Hall–Kier alpha value is -2.94. The zero-order valence-electron chi connectivity index (χ0n) is 15.6. The Labute approximate surface area is 160 Å². The lowest BCUT2D eigenvalue weighted by atomic mass is 9.90. The number of carbonyl (C=O) groups is 2. The lowest BCUT2D eigenvalue weighted by Crippen LogP contribution is -2.02. The van der Waals surface area contributed by atoms with Gasteiger partial charge in [0.1, 0.15) is 0 Å². The number of rotatable bonds is 7. The zero-order chi connectivity index (χ0) is 19.1. The summed E-state index contributed by atoms with van der Waals surface area (Å²) in [6, 6.07) is 19.4. The van der Waals surface area contributed by atoms with E-state index >= 15 is 0 Å². The van der Waals surface area contributed by atoms with Gasteiger partial charge < -0.3 is 4.74 Å². The second-order valence-electron chi connectivity index (χ2n) is 6.63. The van der Waals surface area contributed by atoms with Crippen molar-refractivity contribution >= 4 is 17.5 Å². The lowest BCUT2D eigenvalue weighted by molar-refractivity contribution is -0.149. The quantitative estimate of drug-likeness (QED) is 0.285. The Kier molecular flexibility index (Phi) is 6.37. The van der Waals surface area contributed by atoms with Crippen molar-refractivity contribution in [2.75, 3.05) is 0 Å². The zero-order valence-corrected chi connectivity index (χ0v) is 15.6. The van der Waals surface area contributed by atoms with E-state index < -0.39 is 11.9 Å². The van der Waals surface area contributed by atoms with E-state index in [9.17, 15) is 9.59 Å². The molecule has 3 heteroatoms. The number of allylic oxidation sites excluding steroid dienone is 1. The van der Waals surface area contributed by atoms with E-state index in [4.69, 9.17) is 4.74 Å². The number of ether oxygens (including phenoxy) is 1. The highest BCUT2D eigenvalue weighted by molar-refractivity contribution is 6.23. The Morgan fingerprint density at radius 2 is 1.41 bits per heavy atom. The van der Waals surface area contributed by atoms with Crippen LogP contribution in [0.2, 0.25) is 0 Å². The largest absolute Gasteiger partial charge is 0.386 e. The molecule has 1 aliphatic rings. The maximum absolute atomic E-state index is 12.6. The van der Waals surface area contributed by atoms with Gasteiger partial charge in [-0.25, -0.2) is 9.59 Å². The van der Waals surface area contributed by atoms with E-state index in [1.54, 1.807) is 0 Å². The molecule has 2 aromatic carbocycles. The topological polar surface area (TPSA) is 43.4 Å². The van der Waals surface area contributed by atoms with Crippen LogP contribution >= 0.6 is 0 Å². The molecule has 2 aromatic rings. The minimum Gasteiger partial charge on any atom is -0.386 e. The van der Waals surface area contributed by atoms with Crippen molar-refractivity contribution in [1.82, 2.24) is 0 Å². The molecule has 0 amide bonds. The van der Waals surface area contributed by atoms with Crippen molar-refractivity contribution in [1.29, 1.82) is 0 Å². The van der Waals surface area contributed by atoms with Gasteiger partial charge in [0.25, 0.3) is 0 Å². The average Bonchev–Trinajstić information content (AvgIpc) is 2.97. The highest BCUT2D eigenvalue weighted by Crippen LogP contribution is 2.35. The molecule has 0 unspecified atom stereocenters. The fraction of sp³-hybridized carbons (Fsp3) is 0.250. The predicted molar refractivity (Wildman–Crippen MR) is 107 cm³/mol. The van der Waals surface area contributed by atoms with Gasteiger partial charge in [0, 0.05) is 5.57 Å². The average molecular weight is 360 g/mol. The van der Waals surface area contributed by atoms with Crippen molar-refractivity contribution in [2.24, 2.45) is 0 Å². The molecular formula is C24H24O3. The fourth-order valence-electron chi connectivity index (χ4n) is 3.31. The van der Waals surface area contributed by atoms with Crippen LogP contribution in [0, 0.1) is 0 Å². The number of benzene rings is 2. The summed E-state index contributed by atoms with van der Waals surface area (Å²) < 4.78 is 4.98. The maximum Gasteiger partial charge on any atom is 0.347 e. The molecule has 0 aromatic heterocycles. The molecule has 27 heavy (non-hydrogen) atoms. The number of cyclic esters (lactones) is 2. The second kappa shape index (κ2) is 9.13.